The molecule has 3 atom stereocenters. The number of carboxylic acids is 1. The molecule has 1 saturated carbocycles. The lowest BCUT2D eigenvalue weighted by Gasteiger charge is -2.46. The number of likely N-dealkylation sites (tertiary alicyclic amines) is 1. The minimum atomic E-state index is -0.759. The second-order valence-corrected chi connectivity index (χ2v) is 6.67. The van der Waals surface area contributed by atoms with Gasteiger partial charge in [-0.1, -0.05) is 20.3 Å². The highest BCUT2D eigenvalue weighted by Crippen LogP contribution is 2.36. The van der Waals surface area contributed by atoms with Crippen molar-refractivity contribution in [1.82, 2.24) is 4.90 Å². The summed E-state index contributed by atoms with van der Waals surface area (Å²) in [5.74, 6) is -0.294. The summed E-state index contributed by atoms with van der Waals surface area (Å²) in [6.45, 7) is 6.03. The van der Waals surface area contributed by atoms with Gasteiger partial charge in [0, 0.05) is 18.5 Å². The summed E-state index contributed by atoms with van der Waals surface area (Å²) in [7, 11) is 0. The maximum absolute atomic E-state index is 12.4. The summed E-state index contributed by atoms with van der Waals surface area (Å²) in [4.78, 5) is 25.7. The van der Waals surface area contributed by atoms with Gasteiger partial charge in [-0.3, -0.25) is 9.59 Å². The van der Waals surface area contributed by atoms with Crippen molar-refractivity contribution < 1.29 is 14.7 Å². The molecule has 1 saturated heterocycles. The Hall–Kier alpha value is -1.06. The van der Waals surface area contributed by atoms with Crippen LogP contribution in [0.25, 0.3) is 0 Å². The fraction of sp³-hybridized carbons (Fsp3) is 0.875. The minimum absolute atomic E-state index is 0.0572. The van der Waals surface area contributed by atoms with Crippen LogP contribution in [0.5, 0.6) is 0 Å². The quantitative estimate of drug-likeness (QED) is 0.865. The normalized spacial score (nSPS) is 38.9. The first-order chi connectivity index (χ1) is 9.45. The van der Waals surface area contributed by atoms with Crippen molar-refractivity contribution >= 4 is 11.9 Å². The Balaban J connectivity index is 2.10. The zero-order valence-electron chi connectivity index (χ0n) is 12.8. The van der Waals surface area contributed by atoms with Crippen LogP contribution in [0.15, 0.2) is 0 Å². The molecule has 2 rings (SSSR count). The van der Waals surface area contributed by atoms with Crippen LogP contribution in [-0.4, -0.2) is 34.0 Å². The molecule has 0 spiro atoms. The number of nitrogens with zero attached hydrogens (tertiary/aromatic N) is 1. The first-order valence-electron chi connectivity index (χ1n) is 7.99. The van der Waals surface area contributed by atoms with E-state index in [1.54, 1.807) is 0 Å². The summed E-state index contributed by atoms with van der Waals surface area (Å²) in [6.07, 6.45) is 6.01. The molecule has 1 aliphatic carbocycles. The van der Waals surface area contributed by atoms with Gasteiger partial charge in [0.25, 0.3) is 0 Å². The van der Waals surface area contributed by atoms with Gasteiger partial charge in [0.2, 0.25) is 5.91 Å². The van der Waals surface area contributed by atoms with Crippen molar-refractivity contribution in [3.8, 4) is 0 Å². The molecule has 1 heterocycles. The summed E-state index contributed by atoms with van der Waals surface area (Å²) in [5.41, 5.74) is 0. The molecule has 0 aromatic carbocycles. The van der Waals surface area contributed by atoms with E-state index < -0.39 is 11.9 Å². The lowest BCUT2D eigenvalue weighted by molar-refractivity contribution is -0.157. The minimum Gasteiger partial charge on any atom is -0.481 e. The van der Waals surface area contributed by atoms with Gasteiger partial charge in [-0.2, -0.15) is 0 Å². The molecule has 4 nitrogen and oxygen atoms in total. The van der Waals surface area contributed by atoms with Crippen LogP contribution in [0.4, 0.5) is 0 Å². The van der Waals surface area contributed by atoms with E-state index in [4.69, 9.17) is 0 Å². The highest BCUT2D eigenvalue weighted by Gasteiger charge is 2.44. The number of hydrogen-bond acceptors (Lipinski definition) is 2. The Morgan fingerprint density at radius 1 is 1.25 bits per heavy atom. The van der Waals surface area contributed by atoms with Crippen LogP contribution in [0.1, 0.15) is 59.3 Å². The van der Waals surface area contributed by atoms with Gasteiger partial charge >= 0.3 is 5.97 Å². The molecule has 0 aromatic rings. The van der Waals surface area contributed by atoms with Crippen LogP contribution >= 0.6 is 0 Å². The standard InChI is InChI=1S/C16H27NO3/c1-4-12-5-7-13(8-6-12)17-11(3)15(16(19)20)10(2)9-14(17)18/h10-13,15H,4-9H2,1-3H3,(H,19,20). The highest BCUT2D eigenvalue weighted by atomic mass is 16.4. The third-order valence-electron chi connectivity index (χ3n) is 5.43. The Labute approximate surface area is 121 Å². The Kier molecular flexibility index (Phi) is 4.71. The van der Waals surface area contributed by atoms with Gasteiger partial charge in [-0.15, -0.1) is 0 Å². The summed E-state index contributed by atoms with van der Waals surface area (Å²) >= 11 is 0. The number of carbonyl (C=O) groups is 2. The van der Waals surface area contributed by atoms with Crippen LogP contribution < -0.4 is 0 Å². The van der Waals surface area contributed by atoms with Gasteiger partial charge in [0.1, 0.15) is 0 Å². The van der Waals surface area contributed by atoms with Crippen LogP contribution in [0.2, 0.25) is 0 Å². The maximum atomic E-state index is 12.4. The van der Waals surface area contributed by atoms with Crippen molar-refractivity contribution in [2.75, 3.05) is 0 Å². The van der Waals surface area contributed by atoms with E-state index in [2.05, 4.69) is 6.92 Å². The average molecular weight is 281 g/mol. The highest BCUT2D eigenvalue weighted by molar-refractivity contribution is 5.82. The Morgan fingerprint density at radius 2 is 1.85 bits per heavy atom. The van der Waals surface area contributed by atoms with E-state index in [1.165, 1.54) is 19.3 Å². The van der Waals surface area contributed by atoms with Crippen molar-refractivity contribution in [2.24, 2.45) is 17.8 Å². The molecule has 0 bridgehead atoms. The molecular formula is C16H27NO3. The molecule has 1 aliphatic heterocycles. The van der Waals surface area contributed by atoms with Gasteiger partial charge in [-0.05, 0) is 44.4 Å². The fourth-order valence-electron chi connectivity index (χ4n) is 4.20. The van der Waals surface area contributed by atoms with E-state index in [0.717, 1.165) is 18.8 Å². The fourth-order valence-corrected chi connectivity index (χ4v) is 4.20. The van der Waals surface area contributed by atoms with E-state index in [9.17, 15) is 14.7 Å². The van der Waals surface area contributed by atoms with Crippen molar-refractivity contribution in [1.29, 1.82) is 0 Å². The van der Waals surface area contributed by atoms with Gasteiger partial charge in [0.05, 0.1) is 5.92 Å². The maximum Gasteiger partial charge on any atom is 0.308 e. The number of carboxylic acid groups (broad SMARTS) is 1. The topological polar surface area (TPSA) is 57.6 Å². The van der Waals surface area contributed by atoms with E-state index in [0.29, 0.717) is 6.42 Å². The predicted octanol–water partition coefficient (Wildman–Crippen LogP) is 2.91. The third kappa shape index (κ3) is 2.84. The molecule has 1 N–H and O–H groups in total. The van der Waals surface area contributed by atoms with Crippen LogP contribution in [-0.2, 0) is 9.59 Å². The van der Waals surface area contributed by atoms with Gasteiger partial charge < -0.3 is 10.0 Å². The van der Waals surface area contributed by atoms with Crippen LogP contribution in [0.3, 0.4) is 0 Å². The smallest absolute Gasteiger partial charge is 0.308 e. The Bertz CT molecular complexity index is 374. The molecule has 4 heteroatoms. The number of carbonyl (C=O) groups excluding carboxylic acids is 1. The third-order valence-corrected chi connectivity index (χ3v) is 5.43. The number of rotatable bonds is 3. The molecule has 3 unspecified atom stereocenters. The lowest BCUT2D eigenvalue weighted by atomic mass is 9.77. The SMILES string of the molecule is CCC1CCC(N2C(=O)CC(C)C(C(=O)O)C2C)CC1. The summed E-state index contributed by atoms with van der Waals surface area (Å²) in [6, 6.07) is 0.0848. The van der Waals surface area contributed by atoms with Crippen molar-refractivity contribution in [3.05, 3.63) is 0 Å². The molecule has 2 aliphatic rings. The van der Waals surface area contributed by atoms with E-state index >= 15 is 0 Å². The Morgan fingerprint density at radius 3 is 2.35 bits per heavy atom. The van der Waals surface area contributed by atoms with Gasteiger partial charge in [0.15, 0.2) is 0 Å². The number of piperidine rings is 1. The lowest BCUT2D eigenvalue weighted by Crippen LogP contribution is -2.57. The number of amides is 1. The molecule has 114 valence electrons. The second kappa shape index (κ2) is 6.15. The number of hydrogen-bond donors (Lipinski definition) is 1. The predicted molar refractivity (Wildman–Crippen MR) is 77.3 cm³/mol. The van der Waals surface area contributed by atoms with E-state index in [1.807, 2.05) is 18.7 Å². The summed E-state index contributed by atoms with van der Waals surface area (Å²) in [5, 5.41) is 9.42. The molecule has 2 fully saturated rings. The second-order valence-electron chi connectivity index (χ2n) is 6.67. The van der Waals surface area contributed by atoms with Gasteiger partial charge in [-0.25, -0.2) is 0 Å². The average Bonchev–Trinajstić information content (AvgIpc) is 2.38. The largest absolute Gasteiger partial charge is 0.481 e. The zero-order valence-corrected chi connectivity index (χ0v) is 12.8. The van der Waals surface area contributed by atoms with E-state index in [-0.39, 0.29) is 23.9 Å². The monoisotopic (exact) mass is 281 g/mol. The molecule has 1 amide bonds. The van der Waals surface area contributed by atoms with Crippen molar-refractivity contribution in [2.45, 2.75) is 71.4 Å². The first kappa shape index (κ1) is 15.3. The zero-order chi connectivity index (χ0) is 14.9. The van der Waals surface area contributed by atoms with Crippen molar-refractivity contribution in [3.63, 3.8) is 0 Å². The number of aliphatic carboxylic acids is 1. The molecular weight excluding hydrogens is 254 g/mol. The molecule has 0 radical (unpaired) electrons. The molecule has 0 aromatic heterocycles. The molecule has 20 heavy (non-hydrogen) atoms. The first-order valence-corrected chi connectivity index (χ1v) is 7.99. The summed E-state index contributed by atoms with van der Waals surface area (Å²) < 4.78 is 0. The van der Waals surface area contributed by atoms with Crippen LogP contribution in [0, 0.1) is 17.8 Å².